The summed E-state index contributed by atoms with van der Waals surface area (Å²) in [7, 11) is 0. The van der Waals surface area contributed by atoms with Crippen molar-refractivity contribution in [3.8, 4) is 0 Å². The SMILES string of the molecule is C[C@@H](C(=O)NC1CC1)[NH+]1CC[NH+](CC(=O)Nc2ccccc2Cl)CC1. The Balaban J connectivity index is 1.42. The molecular weight excluding hydrogens is 340 g/mol. The Morgan fingerprint density at radius 1 is 1.20 bits per heavy atom. The first-order chi connectivity index (χ1) is 12.0. The monoisotopic (exact) mass is 366 g/mol. The molecule has 1 aromatic rings. The van der Waals surface area contributed by atoms with Crippen LogP contribution < -0.4 is 20.4 Å². The van der Waals surface area contributed by atoms with Gasteiger partial charge in [0.15, 0.2) is 12.6 Å². The minimum Gasteiger partial charge on any atom is -0.348 e. The maximum absolute atomic E-state index is 12.2. The third-order valence-electron chi connectivity index (χ3n) is 5.09. The molecule has 1 aliphatic heterocycles. The standard InChI is InChI=1S/C18H25ClN4O2/c1-13(18(25)20-14-6-7-14)23-10-8-22(9-11-23)12-17(24)21-16-5-3-2-4-15(16)19/h2-5,13-14H,6-12H2,1H3,(H,20,25)(H,21,24)/p+2/t13-/m0/s1. The van der Waals surface area contributed by atoms with E-state index in [1.807, 2.05) is 19.1 Å². The molecule has 1 aliphatic carbocycles. The lowest BCUT2D eigenvalue weighted by Gasteiger charge is -2.32. The van der Waals surface area contributed by atoms with Gasteiger partial charge in [-0.2, -0.15) is 0 Å². The molecule has 2 fully saturated rings. The number of rotatable bonds is 6. The van der Waals surface area contributed by atoms with Crippen molar-refractivity contribution in [1.82, 2.24) is 5.32 Å². The van der Waals surface area contributed by atoms with Gasteiger partial charge in [0.25, 0.3) is 11.8 Å². The first-order valence-electron chi connectivity index (χ1n) is 9.06. The van der Waals surface area contributed by atoms with Gasteiger partial charge in [0, 0.05) is 6.04 Å². The van der Waals surface area contributed by atoms with Crippen LogP contribution in [0.3, 0.4) is 0 Å². The van der Waals surface area contributed by atoms with E-state index in [-0.39, 0.29) is 17.9 Å². The van der Waals surface area contributed by atoms with Gasteiger partial charge >= 0.3 is 0 Å². The van der Waals surface area contributed by atoms with Gasteiger partial charge in [-0.1, -0.05) is 23.7 Å². The van der Waals surface area contributed by atoms with Crippen molar-refractivity contribution in [3.05, 3.63) is 29.3 Å². The summed E-state index contributed by atoms with van der Waals surface area (Å²) in [6, 6.07) is 7.66. The molecule has 7 heteroatoms. The number of piperazine rings is 1. The number of hydrogen-bond donors (Lipinski definition) is 4. The molecule has 0 unspecified atom stereocenters. The highest BCUT2D eigenvalue weighted by Gasteiger charge is 2.34. The Labute approximate surface area is 153 Å². The predicted molar refractivity (Wildman–Crippen MR) is 97.0 cm³/mol. The van der Waals surface area contributed by atoms with Crippen LogP contribution in [0.4, 0.5) is 5.69 Å². The lowest BCUT2D eigenvalue weighted by Crippen LogP contribution is -3.30. The predicted octanol–water partition coefficient (Wildman–Crippen LogP) is -1.27. The van der Waals surface area contributed by atoms with E-state index in [0.717, 1.165) is 39.0 Å². The molecule has 6 nitrogen and oxygen atoms in total. The van der Waals surface area contributed by atoms with Crippen molar-refractivity contribution in [3.63, 3.8) is 0 Å². The minimum atomic E-state index is -0.0222. The van der Waals surface area contributed by atoms with Gasteiger partial charge < -0.3 is 20.4 Å². The normalized spacial score (nSPS) is 24.4. The number of benzene rings is 1. The van der Waals surface area contributed by atoms with Crippen molar-refractivity contribution in [2.45, 2.75) is 31.8 Å². The number of para-hydroxylation sites is 1. The number of quaternary nitrogens is 2. The van der Waals surface area contributed by atoms with E-state index in [4.69, 9.17) is 11.6 Å². The van der Waals surface area contributed by atoms with Crippen molar-refractivity contribution in [2.24, 2.45) is 0 Å². The van der Waals surface area contributed by atoms with E-state index in [1.54, 1.807) is 12.1 Å². The second-order valence-corrected chi connectivity index (χ2v) is 7.52. The second-order valence-electron chi connectivity index (χ2n) is 7.12. The summed E-state index contributed by atoms with van der Waals surface area (Å²) in [5.41, 5.74) is 0.656. The van der Waals surface area contributed by atoms with Crippen LogP contribution in [0.1, 0.15) is 19.8 Å². The number of nitrogens with one attached hydrogen (secondary N) is 4. The summed E-state index contributed by atoms with van der Waals surface area (Å²) < 4.78 is 0. The van der Waals surface area contributed by atoms with E-state index in [9.17, 15) is 9.59 Å². The number of amides is 2. The van der Waals surface area contributed by atoms with Crippen molar-refractivity contribution in [1.29, 1.82) is 0 Å². The van der Waals surface area contributed by atoms with E-state index in [2.05, 4.69) is 10.6 Å². The zero-order valence-electron chi connectivity index (χ0n) is 14.6. The first-order valence-corrected chi connectivity index (χ1v) is 9.43. The Kier molecular flexibility index (Phi) is 5.93. The summed E-state index contributed by atoms with van der Waals surface area (Å²) in [5.74, 6) is 0.142. The number of carbonyl (C=O) groups excluding carboxylic acids is 2. The van der Waals surface area contributed by atoms with Gasteiger partial charge in [0.1, 0.15) is 26.2 Å². The molecule has 2 aliphatic rings. The van der Waals surface area contributed by atoms with Gasteiger partial charge in [-0.05, 0) is 31.9 Å². The first kappa shape index (κ1) is 18.2. The molecular formula is C18H27ClN4O2+2. The van der Waals surface area contributed by atoms with Gasteiger partial charge in [-0.3, -0.25) is 9.59 Å². The zero-order valence-corrected chi connectivity index (χ0v) is 15.4. The summed E-state index contributed by atoms with van der Waals surface area (Å²) in [6.45, 7) is 6.05. The average Bonchev–Trinajstić information content (AvgIpc) is 3.41. The zero-order chi connectivity index (χ0) is 17.8. The number of carbonyl (C=O) groups is 2. The maximum Gasteiger partial charge on any atom is 0.279 e. The molecule has 4 N–H and O–H groups in total. The third kappa shape index (κ3) is 5.17. The molecule has 1 atom stereocenters. The lowest BCUT2D eigenvalue weighted by molar-refractivity contribution is -1.01. The fraction of sp³-hybridized carbons (Fsp3) is 0.556. The molecule has 136 valence electrons. The lowest BCUT2D eigenvalue weighted by atomic mass is 10.2. The third-order valence-corrected chi connectivity index (χ3v) is 5.42. The summed E-state index contributed by atoms with van der Waals surface area (Å²) in [5, 5.41) is 6.51. The molecule has 1 aromatic carbocycles. The van der Waals surface area contributed by atoms with Gasteiger partial charge in [0.05, 0.1) is 10.7 Å². The number of anilines is 1. The summed E-state index contributed by atoms with van der Waals surface area (Å²) in [6.07, 6.45) is 2.23. The highest BCUT2D eigenvalue weighted by molar-refractivity contribution is 6.33. The largest absolute Gasteiger partial charge is 0.348 e. The van der Waals surface area contributed by atoms with Crippen LogP contribution in [0, 0.1) is 0 Å². The van der Waals surface area contributed by atoms with Gasteiger partial charge in [-0.15, -0.1) is 0 Å². The molecule has 3 rings (SSSR count). The second kappa shape index (κ2) is 8.17. The molecule has 0 aromatic heterocycles. The smallest absolute Gasteiger partial charge is 0.279 e. The van der Waals surface area contributed by atoms with E-state index < -0.39 is 0 Å². The quantitative estimate of drug-likeness (QED) is 0.507. The van der Waals surface area contributed by atoms with Crippen molar-refractivity contribution in [2.75, 3.05) is 38.0 Å². The Morgan fingerprint density at radius 2 is 1.88 bits per heavy atom. The van der Waals surface area contributed by atoms with Crippen LogP contribution >= 0.6 is 11.6 Å². The Hall–Kier alpha value is -1.63. The van der Waals surface area contributed by atoms with Crippen LogP contribution in [-0.4, -0.2) is 56.6 Å². The molecule has 0 spiro atoms. The molecule has 25 heavy (non-hydrogen) atoms. The fourth-order valence-corrected chi connectivity index (χ4v) is 3.44. The van der Waals surface area contributed by atoms with Crippen LogP contribution in [0.25, 0.3) is 0 Å². The van der Waals surface area contributed by atoms with Crippen LogP contribution in [0.15, 0.2) is 24.3 Å². The summed E-state index contributed by atoms with van der Waals surface area (Å²) in [4.78, 5) is 27.0. The van der Waals surface area contributed by atoms with E-state index in [0.29, 0.717) is 23.3 Å². The molecule has 1 saturated carbocycles. The van der Waals surface area contributed by atoms with Crippen LogP contribution in [0.5, 0.6) is 0 Å². The minimum absolute atomic E-state index is 0.0147. The molecule has 2 amide bonds. The fourth-order valence-electron chi connectivity index (χ4n) is 3.26. The number of hydrogen-bond acceptors (Lipinski definition) is 2. The Bertz CT molecular complexity index is 627. The van der Waals surface area contributed by atoms with Crippen LogP contribution in [0.2, 0.25) is 5.02 Å². The van der Waals surface area contributed by atoms with Gasteiger partial charge in [0.2, 0.25) is 0 Å². The number of halogens is 1. The van der Waals surface area contributed by atoms with Crippen molar-refractivity contribution >= 4 is 29.1 Å². The topological polar surface area (TPSA) is 67.1 Å². The van der Waals surface area contributed by atoms with E-state index in [1.165, 1.54) is 9.80 Å². The van der Waals surface area contributed by atoms with Crippen LogP contribution in [-0.2, 0) is 9.59 Å². The Morgan fingerprint density at radius 3 is 2.52 bits per heavy atom. The molecule has 1 heterocycles. The summed E-state index contributed by atoms with van der Waals surface area (Å²) >= 11 is 6.07. The molecule has 0 radical (unpaired) electrons. The highest BCUT2D eigenvalue weighted by atomic mass is 35.5. The highest BCUT2D eigenvalue weighted by Crippen LogP contribution is 2.20. The van der Waals surface area contributed by atoms with Crippen molar-refractivity contribution < 1.29 is 19.4 Å². The van der Waals surface area contributed by atoms with Gasteiger partial charge in [-0.25, -0.2) is 0 Å². The molecule has 1 saturated heterocycles. The van der Waals surface area contributed by atoms with E-state index >= 15 is 0 Å². The average molecular weight is 367 g/mol. The molecule has 0 bridgehead atoms. The maximum atomic E-state index is 12.2.